The minimum Gasteiger partial charge on any atom is -0.200 e. The molecule has 200 valence electrons. The quantitative estimate of drug-likeness (QED) is 0.134. The molecule has 0 nitrogen and oxygen atoms in total. The van der Waals surface area contributed by atoms with E-state index in [1.807, 2.05) is 0 Å². The Morgan fingerprint density at radius 1 is 0.455 bits per heavy atom. The Balaban J connectivity index is 6.53. The maximum atomic E-state index is 13.8. The first kappa shape index (κ1) is 32.5. The van der Waals surface area contributed by atoms with Crippen LogP contribution in [0.15, 0.2) is 0 Å². The molecule has 0 aromatic carbocycles. The molecule has 0 radical (unpaired) electrons. The molecule has 0 saturated heterocycles. The van der Waals surface area contributed by atoms with Crippen LogP contribution in [0.5, 0.6) is 0 Å². The van der Waals surface area contributed by atoms with Crippen LogP contribution < -0.4 is 0 Å². The summed E-state index contributed by atoms with van der Waals surface area (Å²) in [5.74, 6) is -55.9. The molecular weight excluding hydrogens is 630 g/mol. The normalized spacial score (nSPS) is 17.4. The molecule has 33 heavy (non-hydrogen) atoms. The highest BCUT2D eigenvalue weighted by Gasteiger charge is 2.95. The predicted molar refractivity (Wildman–Crippen MR) is 87.2 cm³/mol. The van der Waals surface area contributed by atoms with Gasteiger partial charge in [-0.1, -0.05) is 43.4 Å². The van der Waals surface area contributed by atoms with Crippen molar-refractivity contribution >= 4 is 22.6 Å². The van der Waals surface area contributed by atoms with Gasteiger partial charge in [-0.25, -0.2) is 0 Å². The van der Waals surface area contributed by atoms with Crippen LogP contribution in [0.1, 0.15) is 33.6 Å². The van der Waals surface area contributed by atoms with Gasteiger partial charge in [-0.15, -0.1) is 0 Å². The third-order valence-corrected chi connectivity index (χ3v) is 4.98. The molecule has 1 unspecified atom stereocenters. The third-order valence-electron chi connectivity index (χ3n) is 4.10. The largest absolute Gasteiger partial charge is 0.460 e. The fourth-order valence-electron chi connectivity index (χ4n) is 2.34. The molecule has 0 fully saturated rings. The van der Waals surface area contributed by atoms with E-state index < -0.39 is 69.8 Å². The molecular formula is C15H14F17I. The Morgan fingerprint density at radius 3 is 1.00 bits per heavy atom. The minimum atomic E-state index is -8.59. The van der Waals surface area contributed by atoms with Crippen molar-refractivity contribution in [2.75, 3.05) is 0 Å². The summed E-state index contributed by atoms with van der Waals surface area (Å²) in [5.41, 5.74) is -0.943. The zero-order valence-electron chi connectivity index (χ0n) is 16.3. The standard InChI is InChI=1S/C15H14F17I/c1-7(2,3)4-6(33)5-8(16,17)9(18,19)10(20,21)11(22,23)12(24,25)13(26,27)14(28,29)15(30,31)32/h6H,4-5H2,1-3H3. The monoisotopic (exact) mass is 644 g/mol. The van der Waals surface area contributed by atoms with Gasteiger partial charge in [-0.2, -0.15) is 74.6 Å². The van der Waals surface area contributed by atoms with Gasteiger partial charge >= 0.3 is 47.6 Å². The number of rotatable bonds is 9. The first-order valence-corrected chi connectivity index (χ1v) is 9.45. The molecule has 0 aromatic heterocycles. The zero-order valence-corrected chi connectivity index (χ0v) is 18.5. The van der Waals surface area contributed by atoms with Crippen molar-refractivity contribution in [3.05, 3.63) is 0 Å². The molecule has 0 heterocycles. The fourth-order valence-corrected chi connectivity index (χ4v) is 4.21. The smallest absolute Gasteiger partial charge is 0.200 e. The second-order valence-corrected chi connectivity index (χ2v) is 9.98. The van der Waals surface area contributed by atoms with Crippen molar-refractivity contribution in [1.29, 1.82) is 0 Å². The molecule has 0 N–H and O–H groups in total. The van der Waals surface area contributed by atoms with Crippen LogP contribution in [0, 0.1) is 5.41 Å². The summed E-state index contributed by atoms with van der Waals surface area (Å²) < 4.78 is 222. The van der Waals surface area contributed by atoms with Crippen molar-refractivity contribution in [1.82, 2.24) is 0 Å². The lowest BCUT2D eigenvalue weighted by molar-refractivity contribution is -0.461. The van der Waals surface area contributed by atoms with Crippen molar-refractivity contribution in [3.8, 4) is 0 Å². The topological polar surface area (TPSA) is 0 Å². The second kappa shape index (κ2) is 8.58. The maximum Gasteiger partial charge on any atom is 0.460 e. The van der Waals surface area contributed by atoms with Gasteiger partial charge in [-0.3, -0.25) is 0 Å². The minimum absolute atomic E-state index is 0.465. The van der Waals surface area contributed by atoms with E-state index in [9.17, 15) is 74.6 Å². The van der Waals surface area contributed by atoms with Crippen LogP contribution in [-0.4, -0.2) is 51.6 Å². The van der Waals surface area contributed by atoms with Crippen LogP contribution in [0.2, 0.25) is 0 Å². The van der Waals surface area contributed by atoms with Gasteiger partial charge in [0.25, 0.3) is 0 Å². The summed E-state index contributed by atoms with van der Waals surface area (Å²) in [6, 6.07) is 0. The molecule has 0 rings (SSSR count). The first-order chi connectivity index (χ1) is 13.9. The van der Waals surface area contributed by atoms with Crippen molar-refractivity contribution < 1.29 is 74.6 Å². The molecule has 0 aliphatic heterocycles. The summed E-state index contributed by atoms with van der Waals surface area (Å²) in [6.45, 7) is 4.00. The van der Waals surface area contributed by atoms with E-state index in [0.29, 0.717) is 0 Å². The second-order valence-electron chi connectivity index (χ2n) is 8.21. The zero-order chi connectivity index (χ0) is 27.5. The molecule has 0 aromatic rings. The Labute approximate surface area is 188 Å². The lowest BCUT2D eigenvalue weighted by Crippen LogP contribution is -2.74. The van der Waals surface area contributed by atoms with Gasteiger partial charge in [0.2, 0.25) is 0 Å². The van der Waals surface area contributed by atoms with Crippen LogP contribution in [-0.2, 0) is 0 Å². The summed E-state index contributed by atoms with van der Waals surface area (Å²) in [5, 5.41) is 0. The summed E-state index contributed by atoms with van der Waals surface area (Å²) in [6.07, 6.45) is -10.6. The average molecular weight is 644 g/mol. The van der Waals surface area contributed by atoms with Crippen molar-refractivity contribution in [2.24, 2.45) is 5.41 Å². The van der Waals surface area contributed by atoms with Crippen LogP contribution in [0.25, 0.3) is 0 Å². The molecule has 1 atom stereocenters. The van der Waals surface area contributed by atoms with E-state index >= 15 is 0 Å². The van der Waals surface area contributed by atoms with Gasteiger partial charge in [0.1, 0.15) is 0 Å². The fraction of sp³-hybridized carbons (Fsp3) is 1.00. The SMILES string of the molecule is CC(C)(C)CC(I)CC(F)(F)C(F)(F)C(F)(F)C(F)(F)C(F)(F)C(F)(F)C(F)(F)C(F)(F)F. The highest BCUT2D eigenvalue weighted by Crippen LogP contribution is 2.64. The summed E-state index contributed by atoms with van der Waals surface area (Å²) in [7, 11) is 0. The van der Waals surface area contributed by atoms with Gasteiger partial charge in [-0.05, 0) is 11.8 Å². The van der Waals surface area contributed by atoms with Crippen LogP contribution in [0.3, 0.4) is 0 Å². The lowest BCUT2D eigenvalue weighted by atomic mass is 9.85. The Bertz CT molecular complexity index is 686. The summed E-state index contributed by atoms with van der Waals surface area (Å²) >= 11 is 0.991. The first-order valence-electron chi connectivity index (χ1n) is 8.20. The third kappa shape index (κ3) is 5.23. The highest BCUT2D eigenvalue weighted by atomic mass is 127. The Kier molecular flexibility index (Phi) is 8.46. The van der Waals surface area contributed by atoms with E-state index in [-0.39, 0.29) is 0 Å². The number of hydrogen-bond donors (Lipinski definition) is 0. The molecule has 0 aliphatic rings. The number of halogens is 18. The molecule has 0 spiro atoms. The molecule has 18 heteroatoms. The summed E-state index contributed by atoms with van der Waals surface area (Å²) in [4.78, 5) is 0. The van der Waals surface area contributed by atoms with E-state index in [1.165, 1.54) is 20.8 Å². The van der Waals surface area contributed by atoms with Crippen molar-refractivity contribution in [2.45, 2.75) is 85.2 Å². The number of hydrogen-bond acceptors (Lipinski definition) is 0. The highest BCUT2D eigenvalue weighted by molar-refractivity contribution is 14.1. The van der Waals surface area contributed by atoms with E-state index in [1.54, 1.807) is 0 Å². The van der Waals surface area contributed by atoms with E-state index in [2.05, 4.69) is 0 Å². The van der Waals surface area contributed by atoms with Gasteiger partial charge in [0.05, 0.1) is 0 Å². The molecule has 0 saturated carbocycles. The Hall–Kier alpha value is -0.460. The Morgan fingerprint density at radius 2 is 0.727 bits per heavy atom. The van der Waals surface area contributed by atoms with E-state index in [4.69, 9.17) is 0 Å². The van der Waals surface area contributed by atoms with Gasteiger partial charge in [0, 0.05) is 10.3 Å². The van der Waals surface area contributed by atoms with Gasteiger partial charge < -0.3 is 0 Å². The van der Waals surface area contributed by atoms with Crippen molar-refractivity contribution in [3.63, 3.8) is 0 Å². The number of alkyl halides is 18. The maximum absolute atomic E-state index is 13.8. The molecule has 0 aliphatic carbocycles. The lowest BCUT2D eigenvalue weighted by Gasteiger charge is -2.43. The van der Waals surface area contributed by atoms with Gasteiger partial charge in [0.15, 0.2) is 0 Å². The average Bonchev–Trinajstić information content (AvgIpc) is 2.49. The molecule has 0 amide bonds. The van der Waals surface area contributed by atoms with E-state index in [0.717, 1.165) is 22.6 Å². The van der Waals surface area contributed by atoms with Crippen LogP contribution >= 0.6 is 22.6 Å². The predicted octanol–water partition coefficient (Wildman–Crippen LogP) is 8.63. The van der Waals surface area contributed by atoms with Crippen LogP contribution in [0.4, 0.5) is 74.6 Å². The molecule has 0 bridgehead atoms.